The number of hydrogen-bond acceptors (Lipinski definition) is 6. The number of nitrogens with zero attached hydrogens (tertiary/aromatic N) is 4. The van der Waals surface area contributed by atoms with Gasteiger partial charge in [0.05, 0.1) is 5.69 Å². The fourth-order valence-electron chi connectivity index (χ4n) is 4.62. The molecule has 1 aromatic carbocycles. The van der Waals surface area contributed by atoms with E-state index >= 15 is 0 Å². The number of ether oxygens (including phenoxy) is 1. The van der Waals surface area contributed by atoms with Crippen LogP contribution in [-0.4, -0.2) is 74.9 Å². The number of aromatic nitrogens is 2. The van der Waals surface area contributed by atoms with Crippen molar-refractivity contribution >= 4 is 13.9 Å². The number of halogens is 1. The minimum atomic E-state index is -1.18. The summed E-state index contributed by atoms with van der Waals surface area (Å²) >= 11 is 0. The Hall–Kier alpha value is -2.07. The Balaban J connectivity index is 1.34. The maximum atomic E-state index is 13.3. The van der Waals surface area contributed by atoms with Gasteiger partial charge in [0.25, 0.3) is 5.56 Å². The topological polar surface area (TPSA) is 62.6 Å². The lowest BCUT2D eigenvalue weighted by Crippen LogP contribution is -2.47. The molecule has 0 unspecified atom stereocenters. The van der Waals surface area contributed by atoms with Crippen LogP contribution in [0.15, 0.2) is 35.3 Å². The maximum Gasteiger partial charge on any atom is 0.295 e. The van der Waals surface area contributed by atoms with Gasteiger partial charge in [-0.3, -0.25) is 9.36 Å². The molecule has 36 heavy (non-hydrogen) atoms. The van der Waals surface area contributed by atoms with Crippen molar-refractivity contribution in [3.8, 4) is 0 Å². The van der Waals surface area contributed by atoms with E-state index in [1.165, 1.54) is 17.7 Å². The first kappa shape index (κ1) is 27.0. The summed E-state index contributed by atoms with van der Waals surface area (Å²) in [5, 5.41) is 3.63. The van der Waals surface area contributed by atoms with E-state index in [2.05, 4.69) is 41.8 Å². The molecule has 2 fully saturated rings. The summed E-state index contributed by atoms with van der Waals surface area (Å²) in [5.74, 6) is 0.846. The van der Waals surface area contributed by atoms with Crippen LogP contribution in [0.3, 0.4) is 0 Å². The van der Waals surface area contributed by atoms with E-state index in [4.69, 9.17) is 9.72 Å². The first-order valence-electron chi connectivity index (χ1n) is 13.3. The third-order valence-electron chi connectivity index (χ3n) is 7.14. The van der Waals surface area contributed by atoms with Crippen molar-refractivity contribution in [1.82, 2.24) is 19.8 Å². The second kappa shape index (κ2) is 12.0. The molecule has 1 saturated carbocycles. The molecule has 1 saturated heterocycles. The van der Waals surface area contributed by atoms with Crippen molar-refractivity contribution in [1.29, 1.82) is 0 Å². The van der Waals surface area contributed by atoms with Gasteiger partial charge in [0, 0.05) is 59.0 Å². The van der Waals surface area contributed by atoms with Gasteiger partial charge in [0.15, 0.2) is 5.82 Å². The number of piperazine rings is 1. The monoisotopic (exact) mass is 515 g/mol. The van der Waals surface area contributed by atoms with Crippen LogP contribution in [0, 0.1) is 5.82 Å². The minimum Gasteiger partial charge on any atom is -0.361 e. The zero-order chi connectivity index (χ0) is 25.7. The summed E-state index contributed by atoms with van der Waals surface area (Å²) in [7, 11) is 0.930. The predicted octanol–water partition coefficient (Wildman–Crippen LogP) is 3.52. The number of nitrogens with one attached hydrogen (secondary N) is 1. The molecule has 198 valence electrons. The Morgan fingerprint density at radius 1 is 1.14 bits per heavy atom. The fourth-order valence-corrected chi connectivity index (χ4v) is 5.37. The van der Waals surface area contributed by atoms with Gasteiger partial charge < -0.3 is 19.9 Å². The molecular weight excluding hydrogens is 473 g/mol. The van der Waals surface area contributed by atoms with Gasteiger partial charge >= 0.3 is 0 Å². The molecule has 2 aliphatic rings. The van der Waals surface area contributed by atoms with Crippen molar-refractivity contribution in [2.75, 3.05) is 51.3 Å². The Labute approximate surface area is 215 Å². The molecule has 1 aliphatic carbocycles. The molecular formula is C27H42FN5O2Si. The SMILES string of the molecule is CN1CCN(c2nc(CCCN[C@@H]3C[C@H]3c3ccc(F)cc3)cn(COCC[Si](C)(C)C)c2=O)CC1. The molecule has 2 heterocycles. The molecule has 0 amide bonds. The molecule has 0 radical (unpaired) electrons. The second-order valence-electron chi connectivity index (χ2n) is 11.5. The average Bonchev–Trinajstić information content (AvgIpc) is 3.61. The number of benzene rings is 1. The summed E-state index contributed by atoms with van der Waals surface area (Å²) in [5.41, 5.74) is 2.08. The summed E-state index contributed by atoms with van der Waals surface area (Å²) in [6.07, 6.45) is 4.72. The van der Waals surface area contributed by atoms with Crippen LogP contribution >= 0.6 is 0 Å². The van der Waals surface area contributed by atoms with Crippen LogP contribution in [0.1, 0.15) is 30.0 Å². The highest BCUT2D eigenvalue weighted by molar-refractivity contribution is 6.76. The van der Waals surface area contributed by atoms with Gasteiger partial charge in [0.1, 0.15) is 12.5 Å². The smallest absolute Gasteiger partial charge is 0.295 e. The van der Waals surface area contributed by atoms with E-state index in [0.717, 1.165) is 63.7 Å². The zero-order valence-corrected chi connectivity index (χ0v) is 23.3. The Morgan fingerprint density at radius 3 is 2.56 bits per heavy atom. The molecule has 9 heteroatoms. The normalized spacial score (nSPS) is 20.6. The van der Waals surface area contributed by atoms with Crippen LogP contribution < -0.4 is 15.8 Å². The molecule has 2 atom stereocenters. The van der Waals surface area contributed by atoms with Gasteiger partial charge in [-0.2, -0.15) is 0 Å². The van der Waals surface area contributed by atoms with E-state index in [1.54, 1.807) is 4.57 Å². The zero-order valence-electron chi connectivity index (χ0n) is 22.3. The molecule has 1 aliphatic heterocycles. The van der Waals surface area contributed by atoms with Gasteiger partial charge in [-0.15, -0.1) is 0 Å². The van der Waals surface area contributed by atoms with E-state index < -0.39 is 8.07 Å². The highest BCUT2D eigenvalue weighted by Gasteiger charge is 2.37. The quantitative estimate of drug-likeness (QED) is 0.345. The van der Waals surface area contributed by atoms with E-state index in [0.29, 0.717) is 24.4 Å². The molecule has 4 rings (SSSR count). The van der Waals surface area contributed by atoms with Crippen molar-refractivity contribution in [2.24, 2.45) is 0 Å². The van der Waals surface area contributed by atoms with Crippen molar-refractivity contribution in [2.45, 2.75) is 63.6 Å². The summed E-state index contributed by atoms with van der Waals surface area (Å²) in [6.45, 7) is 12.3. The first-order chi connectivity index (χ1) is 17.2. The average molecular weight is 516 g/mol. The fraction of sp³-hybridized carbons (Fsp3) is 0.630. The summed E-state index contributed by atoms with van der Waals surface area (Å²) < 4.78 is 20.8. The van der Waals surface area contributed by atoms with Crippen LogP contribution in [0.5, 0.6) is 0 Å². The minimum absolute atomic E-state index is 0.0606. The molecule has 2 aromatic rings. The van der Waals surface area contributed by atoms with Crippen LogP contribution in [0.2, 0.25) is 25.7 Å². The van der Waals surface area contributed by atoms with E-state index in [9.17, 15) is 9.18 Å². The first-order valence-corrected chi connectivity index (χ1v) is 17.0. The molecule has 0 bridgehead atoms. The van der Waals surface area contributed by atoms with Gasteiger partial charge in [0.2, 0.25) is 0 Å². The van der Waals surface area contributed by atoms with Crippen LogP contribution in [-0.2, 0) is 17.9 Å². The number of anilines is 1. The highest BCUT2D eigenvalue weighted by Crippen LogP contribution is 2.40. The lowest BCUT2D eigenvalue weighted by molar-refractivity contribution is 0.0844. The van der Waals surface area contributed by atoms with Crippen molar-refractivity contribution < 1.29 is 9.13 Å². The van der Waals surface area contributed by atoms with E-state index in [1.807, 2.05) is 18.3 Å². The summed E-state index contributed by atoms with van der Waals surface area (Å²) in [6, 6.07) is 8.39. The Morgan fingerprint density at radius 2 is 1.86 bits per heavy atom. The van der Waals surface area contributed by atoms with Crippen LogP contribution in [0.25, 0.3) is 0 Å². The second-order valence-corrected chi connectivity index (χ2v) is 17.1. The van der Waals surface area contributed by atoms with Crippen molar-refractivity contribution in [3.63, 3.8) is 0 Å². The number of rotatable bonds is 12. The molecule has 1 N–H and O–H groups in total. The molecule has 0 spiro atoms. The highest BCUT2D eigenvalue weighted by atomic mass is 28.3. The molecule has 1 aromatic heterocycles. The van der Waals surface area contributed by atoms with Crippen molar-refractivity contribution in [3.05, 3.63) is 57.9 Å². The Kier molecular flexibility index (Phi) is 8.98. The third kappa shape index (κ3) is 7.71. The molecule has 7 nitrogen and oxygen atoms in total. The number of hydrogen-bond donors (Lipinski definition) is 1. The summed E-state index contributed by atoms with van der Waals surface area (Å²) in [4.78, 5) is 22.5. The standard InChI is InChI=1S/C27H42FN5O2Si/c1-31-12-14-32(15-13-31)26-27(34)33(20-35-16-17-36(2,3)4)19-23(30-26)6-5-11-29-25-18-24(25)21-7-9-22(28)10-8-21/h7-10,19,24-25,29H,5-6,11-18,20H2,1-4H3/t24-,25+/m0/s1. The lowest BCUT2D eigenvalue weighted by atomic mass is 10.1. The predicted molar refractivity (Wildman–Crippen MR) is 146 cm³/mol. The maximum absolute atomic E-state index is 13.3. The van der Waals surface area contributed by atoms with Gasteiger partial charge in [-0.05, 0) is 56.6 Å². The van der Waals surface area contributed by atoms with Gasteiger partial charge in [-0.25, -0.2) is 9.37 Å². The lowest BCUT2D eigenvalue weighted by Gasteiger charge is -2.33. The van der Waals surface area contributed by atoms with Gasteiger partial charge in [-0.1, -0.05) is 31.8 Å². The Bertz CT molecular complexity index is 1050. The third-order valence-corrected chi connectivity index (χ3v) is 8.85. The van der Waals surface area contributed by atoms with Crippen LogP contribution in [0.4, 0.5) is 10.2 Å². The van der Waals surface area contributed by atoms with E-state index in [-0.39, 0.29) is 18.1 Å². The number of aryl methyl sites for hydroxylation is 1. The number of likely N-dealkylation sites (N-methyl/N-ethyl adjacent to an activating group) is 1. The largest absolute Gasteiger partial charge is 0.361 e.